The molecule has 0 amide bonds. The normalized spacial score (nSPS) is 9.30. The van der Waals surface area contributed by atoms with E-state index in [1.54, 1.807) is 0 Å². The second-order valence-corrected chi connectivity index (χ2v) is 1.98. The van der Waals surface area contributed by atoms with Crippen LogP contribution in [-0.4, -0.2) is 13.2 Å². The molecule has 0 unspecified atom stereocenters. The van der Waals surface area contributed by atoms with Crippen molar-refractivity contribution in [3.63, 3.8) is 0 Å². The Morgan fingerprint density at radius 2 is 1.90 bits per heavy atom. The number of nitrogens with one attached hydrogen (secondary N) is 1. The molecule has 0 saturated carbocycles. The van der Waals surface area contributed by atoms with Crippen molar-refractivity contribution in [2.75, 3.05) is 18.5 Å². The Bertz CT molecular complexity index is 174. The Morgan fingerprint density at radius 1 is 1.20 bits per heavy atom. The van der Waals surface area contributed by atoms with Crippen molar-refractivity contribution in [1.82, 2.24) is 0 Å². The summed E-state index contributed by atoms with van der Waals surface area (Å²) >= 11 is 0. The number of hydrogen-bond acceptors (Lipinski definition) is 1. The minimum Gasteiger partial charge on any atom is -0.382 e. The van der Waals surface area contributed by atoms with E-state index in [9.17, 15) is 4.39 Å². The molecule has 0 spiro atoms. The topological polar surface area (TPSA) is 12.0 Å². The molecular weight excluding hydrogens is 129 g/mol. The minimum absolute atomic E-state index is 0.325. The molecule has 0 radical (unpaired) electrons. The fourth-order valence-electron chi connectivity index (χ4n) is 0.748. The molecule has 0 atom stereocenters. The fraction of sp³-hybridized carbons (Fsp3) is 0.250. The third-order valence-corrected chi connectivity index (χ3v) is 1.20. The van der Waals surface area contributed by atoms with Crippen molar-refractivity contribution >= 4 is 5.69 Å². The standard InChI is InChI=1S/C8H10FN/c9-6-7-10-8-4-2-1-3-5-8/h1-5,10H,6-7H2. The number of benzene rings is 1. The average Bonchev–Trinajstić information content (AvgIpc) is 2.03. The summed E-state index contributed by atoms with van der Waals surface area (Å²) in [5.74, 6) is 0. The summed E-state index contributed by atoms with van der Waals surface area (Å²) in [6, 6.07) is 9.59. The van der Waals surface area contributed by atoms with Crippen LogP contribution >= 0.6 is 0 Å². The SMILES string of the molecule is FCCNc1ccccc1. The number of para-hydroxylation sites is 1. The van der Waals surface area contributed by atoms with Crippen LogP contribution in [0.5, 0.6) is 0 Å². The molecule has 0 aliphatic rings. The van der Waals surface area contributed by atoms with Crippen LogP contribution in [0, 0.1) is 0 Å². The predicted octanol–water partition coefficient (Wildman–Crippen LogP) is 2.07. The van der Waals surface area contributed by atoms with Gasteiger partial charge in [0.1, 0.15) is 6.67 Å². The van der Waals surface area contributed by atoms with E-state index in [0.29, 0.717) is 6.54 Å². The van der Waals surface area contributed by atoms with Gasteiger partial charge in [0.25, 0.3) is 0 Å². The summed E-state index contributed by atoms with van der Waals surface area (Å²) in [5, 5.41) is 2.92. The molecule has 1 rings (SSSR count). The first kappa shape index (κ1) is 7.06. The van der Waals surface area contributed by atoms with Gasteiger partial charge in [-0.1, -0.05) is 18.2 Å². The van der Waals surface area contributed by atoms with Gasteiger partial charge in [0.2, 0.25) is 0 Å². The van der Waals surface area contributed by atoms with E-state index in [1.165, 1.54) is 0 Å². The van der Waals surface area contributed by atoms with Gasteiger partial charge < -0.3 is 5.32 Å². The zero-order chi connectivity index (χ0) is 7.23. The Balaban J connectivity index is 2.43. The predicted molar refractivity (Wildman–Crippen MR) is 40.9 cm³/mol. The van der Waals surface area contributed by atoms with E-state index < -0.39 is 0 Å². The largest absolute Gasteiger partial charge is 0.382 e. The Morgan fingerprint density at radius 3 is 2.50 bits per heavy atom. The van der Waals surface area contributed by atoms with Gasteiger partial charge in [-0.15, -0.1) is 0 Å². The number of alkyl halides is 1. The zero-order valence-corrected chi connectivity index (χ0v) is 5.68. The van der Waals surface area contributed by atoms with Crippen molar-refractivity contribution in [1.29, 1.82) is 0 Å². The Kier molecular flexibility index (Phi) is 2.74. The van der Waals surface area contributed by atoms with Crippen LogP contribution in [0.4, 0.5) is 10.1 Å². The quantitative estimate of drug-likeness (QED) is 0.676. The lowest BCUT2D eigenvalue weighted by Crippen LogP contribution is -2.01. The number of halogens is 1. The lowest BCUT2D eigenvalue weighted by Gasteiger charge is -2.00. The summed E-state index contributed by atoms with van der Waals surface area (Å²) in [6.45, 7) is 0.0684. The first-order valence-electron chi connectivity index (χ1n) is 3.28. The third-order valence-electron chi connectivity index (χ3n) is 1.20. The molecule has 1 aromatic rings. The maximum absolute atomic E-state index is 11.6. The number of anilines is 1. The van der Waals surface area contributed by atoms with E-state index >= 15 is 0 Å². The molecule has 1 N–H and O–H groups in total. The van der Waals surface area contributed by atoms with Gasteiger partial charge in [0.05, 0.1) is 0 Å². The van der Waals surface area contributed by atoms with Gasteiger partial charge in [-0.3, -0.25) is 0 Å². The van der Waals surface area contributed by atoms with Gasteiger partial charge in [0.15, 0.2) is 0 Å². The summed E-state index contributed by atoms with van der Waals surface area (Å²) in [4.78, 5) is 0. The Hall–Kier alpha value is -1.05. The highest BCUT2D eigenvalue weighted by Gasteiger charge is 1.85. The van der Waals surface area contributed by atoms with Crippen LogP contribution in [0.1, 0.15) is 0 Å². The molecule has 0 aliphatic heterocycles. The van der Waals surface area contributed by atoms with Crippen LogP contribution in [-0.2, 0) is 0 Å². The minimum atomic E-state index is -0.325. The first-order valence-corrected chi connectivity index (χ1v) is 3.28. The molecule has 54 valence electrons. The van der Waals surface area contributed by atoms with E-state index in [2.05, 4.69) is 5.32 Å². The van der Waals surface area contributed by atoms with E-state index in [0.717, 1.165) is 5.69 Å². The number of hydrogen-bond donors (Lipinski definition) is 1. The summed E-state index contributed by atoms with van der Waals surface area (Å²) < 4.78 is 11.6. The van der Waals surface area contributed by atoms with E-state index in [-0.39, 0.29) is 6.67 Å². The second kappa shape index (κ2) is 3.88. The molecule has 0 aromatic heterocycles. The highest BCUT2D eigenvalue weighted by Crippen LogP contribution is 2.03. The molecule has 0 bridgehead atoms. The molecule has 1 aromatic carbocycles. The Labute approximate surface area is 59.9 Å². The second-order valence-electron chi connectivity index (χ2n) is 1.98. The van der Waals surface area contributed by atoms with Gasteiger partial charge in [0, 0.05) is 12.2 Å². The summed E-state index contributed by atoms with van der Waals surface area (Å²) in [6.07, 6.45) is 0. The van der Waals surface area contributed by atoms with Gasteiger partial charge >= 0.3 is 0 Å². The van der Waals surface area contributed by atoms with Crippen molar-refractivity contribution in [2.24, 2.45) is 0 Å². The molecule has 2 heteroatoms. The molecule has 1 nitrogen and oxygen atoms in total. The molecular formula is C8H10FN. The molecule has 0 fully saturated rings. The van der Waals surface area contributed by atoms with E-state index in [1.807, 2.05) is 30.3 Å². The fourth-order valence-corrected chi connectivity index (χ4v) is 0.748. The maximum Gasteiger partial charge on any atom is 0.107 e. The smallest absolute Gasteiger partial charge is 0.107 e. The highest BCUT2D eigenvalue weighted by atomic mass is 19.1. The average molecular weight is 139 g/mol. The van der Waals surface area contributed by atoms with Crippen molar-refractivity contribution in [3.05, 3.63) is 30.3 Å². The van der Waals surface area contributed by atoms with E-state index in [4.69, 9.17) is 0 Å². The van der Waals surface area contributed by atoms with Crippen molar-refractivity contribution in [3.8, 4) is 0 Å². The van der Waals surface area contributed by atoms with Gasteiger partial charge in [-0.05, 0) is 12.1 Å². The van der Waals surface area contributed by atoms with Crippen LogP contribution in [0.15, 0.2) is 30.3 Å². The van der Waals surface area contributed by atoms with Crippen LogP contribution in [0.2, 0.25) is 0 Å². The summed E-state index contributed by atoms with van der Waals surface area (Å²) in [5.41, 5.74) is 0.972. The lowest BCUT2D eigenvalue weighted by atomic mass is 10.3. The zero-order valence-electron chi connectivity index (χ0n) is 5.68. The lowest BCUT2D eigenvalue weighted by molar-refractivity contribution is 0.513. The maximum atomic E-state index is 11.6. The van der Waals surface area contributed by atoms with Crippen LogP contribution in [0.25, 0.3) is 0 Å². The first-order chi connectivity index (χ1) is 4.93. The third kappa shape index (κ3) is 2.05. The van der Waals surface area contributed by atoms with Crippen molar-refractivity contribution in [2.45, 2.75) is 0 Å². The van der Waals surface area contributed by atoms with Crippen LogP contribution in [0.3, 0.4) is 0 Å². The highest BCUT2D eigenvalue weighted by molar-refractivity contribution is 5.42. The molecule has 10 heavy (non-hydrogen) atoms. The number of rotatable bonds is 3. The monoisotopic (exact) mass is 139 g/mol. The summed E-state index contributed by atoms with van der Waals surface area (Å²) in [7, 11) is 0. The molecule has 0 saturated heterocycles. The van der Waals surface area contributed by atoms with Crippen LogP contribution < -0.4 is 5.32 Å². The molecule has 0 heterocycles. The molecule has 0 aliphatic carbocycles. The van der Waals surface area contributed by atoms with Gasteiger partial charge in [-0.2, -0.15) is 0 Å². The van der Waals surface area contributed by atoms with Gasteiger partial charge in [-0.25, -0.2) is 4.39 Å². The van der Waals surface area contributed by atoms with Crippen molar-refractivity contribution < 1.29 is 4.39 Å².